The van der Waals surface area contributed by atoms with Crippen molar-refractivity contribution in [1.82, 2.24) is 4.98 Å². The summed E-state index contributed by atoms with van der Waals surface area (Å²) >= 11 is 0. The first-order valence-corrected chi connectivity index (χ1v) is 5.83. The molecule has 0 amide bonds. The molecule has 0 bridgehead atoms. The SMILES string of the molecule is CCC.CCCCc1ncccc1CO. The lowest BCUT2D eigenvalue weighted by Crippen LogP contribution is -1.96. The van der Waals surface area contributed by atoms with E-state index in [0.29, 0.717) is 0 Å². The summed E-state index contributed by atoms with van der Waals surface area (Å²) in [6.07, 6.45) is 6.32. The summed E-state index contributed by atoms with van der Waals surface area (Å²) in [7, 11) is 0. The van der Waals surface area contributed by atoms with E-state index in [1.165, 1.54) is 12.8 Å². The van der Waals surface area contributed by atoms with Gasteiger partial charge in [0, 0.05) is 11.9 Å². The van der Waals surface area contributed by atoms with E-state index < -0.39 is 0 Å². The lowest BCUT2D eigenvalue weighted by atomic mass is 10.1. The molecule has 0 unspecified atom stereocenters. The van der Waals surface area contributed by atoms with E-state index in [1.807, 2.05) is 12.1 Å². The minimum Gasteiger partial charge on any atom is -0.392 e. The normalized spacial score (nSPS) is 9.33. The van der Waals surface area contributed by atoms with Crippen LogP contribution in [-0.2, 0) is 13.0 Å². The van der Waals surface area contributed by atoms with E-state index in [4.69, 9.17) is 5.11 Å². The van der Waals surface area contributed by atoms with Gasteiger partial charge in [0.15, 0.2) is 0 Å². The second-order valence-electron chi connectivity index (χ2n) is 3.58. The summed E-state index contributed by atoms with van der Waals surface area (Å²) in [5.41, 5.74) is 2.01. The van der Waals surface area contributed by atoms with E-state index in [-0.39, 0.29) is 6.61 Å². The molecule has 0 spiro atoms. The summed E-state index contributed by atoms with van der Waals surface area (Å²) in [5, 5.41) is 8.98. The van der Waals surface area contributed by atoms with Gasteiger partial charge in [-0.2, -0.15) is 0 Å². The molecule has 0 aromatic carbocycles. The Balaban J connectivity index is 0.000000583. The third-order valence-electron chi connectivity index (χ3n) is 1.92. The van der Waals surface area contributed by atoms with Crippen molar-refractivity contribution in [3.63, 3.8) is 0 Å². The molecule has 0 fully saturated rings. The Hall–Kier alpha value is -0.890. The maximum atomic E-state index is 8.98. The number of aliphatic hydroxyl groups excluding tert-OH is 1. The highest BCUT2D eigenvalue weighted by Crippen LogP contribution is 2.08. The van der Waals surface area contributed by atoms with Crippen molar-refractivity contribution in [3.8, 4) is 0 Å². The third kappa shape index (κ3) is 6.24. The zero-order valence-electron chi connectivity index (χ0n) is 10.2. The van der Waals surface area contributed by atoms with Crippen LogP contribution < -0.4 is 0 Å². The number of hydrogen-bond acceptors (Lipinski definition) is 2. The Kier molecular flexibility index (Phi) is 9.08. The highest BCUT2D eigenvalue weighted by atomic mass is 16.3. The van der Waals surface area contributed by atoms with Crippen molar-refractivity contribution in [3.05, 3.63) is 29.6 Å². The number of aryl methyl sites for hydroxylation is 1. The fourth-order valence-electron chi connectivity index (χ4n) is 1.18. The van der Waals surface area contributed by atoms with Gasteiger partial charge in [-0.25, -0.2) is 0 Å². The van der Waals surface area contributed by atoms with Crippen molar-refractivity contribution in [2.45, 2.75) is 53.1 Å². The molecule has 0 radical (unpaired) electrons. The minimum absolute atomic E-state index is 0.104. The summed E-state index contributed by atoms with van der Waals surface area (Å²) < 4.78 is 0. The van der Waals surface area contributed by atoms with E-state index in [0.717, 1.165) is 24.1 Å². The summed E-state index contributed by atoms with van der Waals surface area (Å²) in [6.45, 7) is 6.51. The van der Waals surface area contributed by atoms with E-state index in [1.54, 1.807) is 6.20 Å². The molecule has 0 saturated carbocycles. The van der Waals surface area contributed by atoms with Crippen molar-refractivity contribution in [2.75, 3.05) is 0 Å². The van der Waals surface area contributed by atoms with Crippen LogP contribution in [0.4, 0.5) is 0 Å². The van der Waals surface area contributed by atoms with Crippen LogP contribution >= 0.6 is 0 Å². The van der Waals surface area contributed by atoms with Crippen molar-refractivity contribution in [2.24, 2.45) is 0 Å². The van der Waals surface area contributed by atoms with Gasteiger partial charge in [0.2, 0.25) is 0 Å². The molecule has 15 heavy (non-hydrogen) atoms. The molecule has 1 heterocycles. The van der Waals surface area contributed by atoms with Crippen molar-refractivity contribution in [1.29, 1.82) is 0 Å². The van der Waals surface area contributed by atoms with E-state index in [2.05, 4.69) is 25.8 Å². The monoisotopic (exact) mass is 209 g/mol. The first-order chi connectivity index (χ1) is 7.29. The number of aromatic nitrogens is 1. The van der Waals surface area contributed by atoms with Gasteiger partial charge >= 0.3 is 0 Å². The molecule has 1 aromatic rings. The van der Waals surface area contributed by atoms with Gasteiger partial charge < -0.3 is 5.11 Å². The Morgan fingerprint density at radius 3 is 2.47 bits per heavy atom. The highest BCUT2D eigenvalue weighted by Gasteiger charge is 1.99. The van der Waals surface area contributed by atoms with Crippen molar-refractivity contribution < 1.29 is 5.11 Å². The maximum Gasteiger partial charge on any atom is 0.0699 e. The molecule has 1 aromatic heterocycles. The average molecular weight is 209 g/mol. The van der Waals surface area contributed by atoms with Gasteiger partial charge in [0.25, 0.3) is 0 Å². The minimum atomic E-state index is 0.104. The number of unbranched alkanes of at least 4 members (excludes halogenated alkanes) is 1. The van der Waals surface area contributed by atoms with E-state index in [9.17, 15) is 0 Å². The van der Waals surface area contributed by atoms with Crippen LogP contribution in [0.2, 0.25) is 0 Å². The van der Waals surface area contributed by atoms with Crippen LogP contribution in [0.15, 0.2) is 18.3 Å². The first-order valence-electron chi connectivity index (χ1n) is 5.83. The summed E-state index contributed by atoms with van der Waals surface area (Å²) in [6, 6.07) is 3.79. The molecule has 0 aliphatic carbocycles. The number of hydrogen-bond donors (Lipinski definition) is 1. The zero-order chi connectivity index (χ0) is 11.5. The van der Waals surface area contributed by atoms with Crippen LogP contribution in [0.3, 0.4) is 0 Å². The van der Waals surface area contributed by atoms with Gasteiger partial charge in [-0.05, 0) is 24.5 Å². The van der Waals surface area contributed by atoms with Crippen molar-refractivity contribution >= 4 is 0 Å². The van der Waals surface area contributed by atoms with Crippen LogP contribution in [0.1, 0.15) is 51.3 Å². The van der Waals surface area contributed by atoms with Gasteiger partial charge in [-0.1, -0.05) is 39.7 Å². The standard InChI is InChI=1S/C10H15NO.C3H8/c1-2-3-6-10-9(8-12)5-4-7-11-10;1-3-2/h4-5,7,12H,2-3,6,8H2,1H3;3H2,1-2H3. The molecular formula is C13H23NO. The molecule has 0 saturated heterocycles. The zero-order valence-corrected chi connectivity index (χ0v) is 10.2. The highest BCUT2D eigenvalue weighted by molar-refractivity contribution is 5.18. The first kappa shape index (κ1) is 14.1. The van der Waals surface area contributed by atoms with Crippen LogP contribution in [0.25, 0.3) is 0 Å². The predicted octanol–water partition coefficient (Wildman–Crippen LogP) is 3.33. The fraction of sp³-hybridized carbons (Fsp3) is 0.615. The third-order valence-corrected chi connectivity index (χ3v) is 1.92. The van der Waals surface area contributed by atoms with Crippen LogP contribution in [0.5, 0.6) is 0 Å². The molecule has 0 aliphatic heterocycles. The summed E-state index contributed by atoms with van der Waals surface area (Å²) in [4.78, 5) is 4.23. The van der Waals surface area contributed by atoms with Crippen LogP contribution in [0, 0.1) is 0 Å². The molecular weight excluding hydrogens is 186 g/mol. The molecule has 0 atom stereocenters. The molecule has 2 nitrogen and oxygen atoms in total. The van der Waals surface area contributed by atoms with Gasteiger partial charge in [-0.15, -0.1) is 0 Å². The second kappa shape index (κ2) is 9.66. The molecule has 1 N–H and O–H groups in total. The maximum absolute atomic E-state index is 8.98. The lowest BCUT2D eigenvalue weighted by molar-refractivity contribution is 0.280. The molecule has 1 rings (SSSR count). The van der Waals surface area contributed by atoms with Gasteiger partial charge in [0.1, 0.15) is 0 Å². The molecule has 2 heteroatoms. The number of pyridine rings is 1. The Morgan fingerprint density at radius 1 is 1.27 bits per heavy atom. The number of aliphatic hydroxyl groups is 1. The van der Waals surface area contributed by atoms with Gasteiger partial charge in [0.05, 0.1) is 6.61 Å². The quantitative estimate of drug-likeness (QED) is 0.825. The largest absolute Gasteiger partial charge is 0.392 e. The fourth-order valence-corrected chi connectivity index (χ4v) is 1.18. The Morgan fingerprint density at radius 2 is 1.93 bits per heavy atom. The van der Waals surface area contributed by atoms with Crippen LogP contribution in [-0.4, -0.2) is 10.1 Å². The van der Waals surface area contributed by atoms with E-state index >= 15 is 0 Å². The average Bonchev–Trinajstić information content (AvgIpc) is 2.28. The molecule has 0 aliphatic rings. The van der Waals surface area contributed by atoms with Gasteiger partial charge in [-0.3, -0.25) is 4.98 Å². The number of rotatable bonds is 4. The molecule has 86 valence electrons. The number of nitrogens with zero attached hydrogens (tertiary/aromatic N) is 1. The summed E-state index contributed by atoms with van der Waals surface area (Å²) in [5.74, 6) is 0. The Bertz CT molecular complexity index is 248. The predicted molar refractivity (Wildman–Crippen MR) is 64.7 cm³/mol. The Labute approximate surface area is 93.4 Å². The topological polar surface area (TPSA) is 33.1 Å². The lowest BCUT2D eigenvalue weighted by Gasteiger charge is -2.03. The second-order valence-corrected chi connectivity index (χ2v) is 3.58. The smallest absolute Gasteiger partial charge is 0.0699 e.